The van der Waals surface area contributed by atoms with E-state index in [2.05, 4.69) is 48.5 Å². The van der Waals surface area contributed by atoms with Crippen LogP contribution in [0.15, 0.2) is 54.6 Å². The Morgan fingerprint density at radius 2 is 1.65 bits per heavy atom. The molecule has 1 saturated heterocycles. The van der Waals surface area contributed by atoms with Crippen molar-refractivity contribution in [3.8, 4) is 11.1 Å². The predicted molar refractivity (Wildman–Crippen MR) is 82.3 cm³/mol. The maximum Gasteiger partial charge on any atom is 0.0865 e. The van der Waals surface area contributed by atoms with Crippen molar-refractivity contribution >= 4 is 0 Å². The number of benzene rings is 2. The number of nitrogens with two attached hydrogens (primary N) is 1. The van der Waals surface area contributed by atoms with Crippen LogP contribution in [0.3, 0.4) is 0 Å². The van der Waals surface area contributed by atoms with Crippen molar-refractivity contribution in [2.75, 3.05) is 13.2 Å². The molecule has 3 rings (SSSR count). The Kier molecular flexibility index (Phi) is 4.14. The van der Waals surface area contributed by atoms with Crippen molar-refractivity contribution in [1.29, 1.82) is 0 Å². The summed E-state index contributed by atoms with van der Waals surface area (Å²) in [6.07, 6.45) is 2.46. The van der Waals surface area contributed by atoms with Crippen molar-refractivity contribution in [2.45, 2.75) is 18.9 Å². The van der Waals surface area contributed by atoms with E-state index in [1.165, 1.54) is 23.1 Å². The summed E-state index contributed by atoms with van der Waals surface area (Å²) in [6.45, 7) is 1.55. The quantitative estimate of drug-likeness (QED) is 0.918. The Bertz CT molecular complexity index is 535. The van der Waals surface area contributed by atoms with Gasteiger partial charge in [-0.2, -0.15) is 0 Å². The molecular weight excluding hydrogens is 246 g/mol. The molecule has 0 amide bonds. The van der Waals surface area contributed by atoms with Gasteiger partial charge in [-0.05, 0) is 36.1 Å². The van der Waals surface area contributed by atoms with Crippen LogP contribution in [0.5, 0.6) is 0 Å². The van der Waals surface area contributed by atoms with E-state index >= 15 is 0 Å². The van der Waals surface area contributed by atoms with Crippen molar-refractivity contribution in [3.05, 3.63) is 60.2 Å². The molecular formula is C18H21NO. The van der Waals surface area contributed by atoms with Crippen LogP contribution in [0.2, 0.25) is 0 Å². The molecule has 2 aromatic rings. The summed E-state index contributed by atoms with van der Waals surface area (Å²) < 4.78 is 5.93. The summed E-state index contributed by atoms with van der Waals surface area (Å²) >= 11 is 0. The van der Waals surface area contributed by atoms with E-state index in [1.807, 2.05) is 6.07 Å². The third-order valence-corrected chi connectivity index (χ3v) is 4.09. The van der Waals surface area contributed by atoms with E-state index in [4.69, 9.17) is 10.5 Å². The smallest absolute Gasteiger partial charge is 0.0865 e. The molecule has 20 heavy (non-hydrogen) atoms. The van der Waals surface area contributed by atoms with Gasteiger partial charge in [-0.1, -0.05) is 54.6 Å². The summed E-state index contributed by atoms with van der Waals surface area (Å²) in [6, 6.07) is 19.2. The highest BCUT2D eigenvalue weighted by Gasteiger charge is 2.26. The third-order valence-electron chi connectivity index (χ3n) is 4.09. The molecule has 2 atom stereocenters. The lowest BCUT2D eigenvalue weighted by Crippen LogP contribution is -2.28. The lowest BCUT2D eigenvalue weighted by molar-refractivity contribution is -0.0251. The molecule has 0 aliphatic carbocycles. The van der Waals surface area contributed by atoms with Crippen LogP contribution in [0.1, 0.15) is 24.5 Å². The fourth-order valence-electron chi connectivity index (χ4n) is 2.95. The Morgan fingerprint density at radius 3 is 2.35 bits per heavy atom. The highest BCUT2D eigenvalue weighted by atomic mass is 16.5. The molecule has 2 nitrogen and oxygen atoms in total. The minimum Gasteiger partial charge on any atom is -0.373 e. The molecule has 0 bridgehead atoms. The molecule has 0 aromatic heterocycles. The van der Waals surface area contributed by atoms with Crippen LogP contribution >= 0.6 is 0 Å². The first kappa shape index (κ1) is 13.3. The Morgan fingerprint density at radius 1 is 0.950 bits per heavy atom. The Hall–Kier alpha value is -1.64. The van der Waals surface area contributed by atoms with E-state index in [1.54, 1.807) is 0 Å². The van der Waals surface area contributed by atoms with Crippen molar-refractivity contribution < 1.29 is 4.74 Å². The molecule has 1 aliphatic rings. The average Bonchev–Trinajstić information content (AvgIpc) is 2.56. The zero-order valence-electron chi connectivity index (χ0n) is 11.7. The van der Waals surface area contributed by atoms with E-state index in [-0.39, 0.29) is 6.10 Å². The molecule has 2 unspecified atom stereocenters. The average molecular weight is 267 g/mol. The van der Waals surface area contributed by atoms with Crippen molar-refractivity contribution in [2.24, 2.45) is 11.7 Å². The van der Waals surface area contributed by atoms with Gasteiger partial charge in [0, 0.05) is 12.5 Å². The van der Waals surface area contributed by atoms with Gasteiger partial charge < -0.3 is 10.5 Å². The van der Waals surface area contributed by atoms with E-state index in [0.29, 0.717) is 12.5 Å². The SMILES string of the molecule is NCC1CCCOC1c1ccc(-c2ccccc2)cc1. The topological polar surface area (TPSA) is 35.2 Å². The standard InChI is InChI=1S/C18H21NO/c19-13-17-7-4-12-20-18(17)16-10-8-15(9-11-16)14-5-2-1-3-6-14/h1-3,5-6,8-11,17-18H,4,7,12-13,19H2. The molecule has 1 aliphatic heterocycles. The second kappa shape index (κ2) is 6.21. The van der Waals surface area contributed by atoms with Gasteiger partial charge in [0.1, 0.15) is 0 Å². The van der Waals surface area contributed by atoms with E-state index in [9.17, 15) is 0 Å². The summed E-state index contributed by atoms with van der Waals surface area (Å²) in [4.78, 5) is 0. The molecule has 0 saturated carbocycles. The lowest BCUT2D eigenvalue weighted by atomic mass is 9.89. The molecule has 0 spiro atoms. The largest absolute Gasteiger partial charge is 0.373 e. The zero-order valence-corrected chi connectivity index (χ0v) is 11.7. The summed E-state index contributed by atoms with van der Waals surface area (Å²) in [5.74, 6) is 0.450. The monoisotopic (exact) mass is 267 g/mol. The van der Waals surface area contributed by atoms with Gasteiger partial charge in [0.15, 0.2) is 0 Å². The van der Waals surface area contributed by atoms with E-state index < -0.39 is 0 Å². The maximum atomic E-state index is 5.93. The number of hydrogen-bond acceptors (Lipinski definition) is 2. The third kappa shape index (κ3) is 2.77. The Balaban J connectivity index is 1.82. The molecule has 104 valence electrons. The first-order chi connectivity index (χ1) is 9.88. The zero-order chi connectivity index (χ0) is 13.8. The van der Waals surface area contributed by atoms with Gasteiger partial charge in [-0.3, -0.25) is 0 Å². The van der Waals surface area contributed by atoms with Crippen LogP contribution < -0.4 is 5.73 Å². The number of ether oxygens (including phenoxy) is 1. The van der Waals surface area contributed by atoms with Crippen LogP contribution in [0, 0.1) is 5.92 Å². The highest BCUT2D eigenvalue weighted by molar-refractivity contribution is 5.63. The predicted octanol–water partition coefficient (Wildman–Crippen LogP) is 3.78. The van der Waals surface area contributed by atoms with Crippen molar-refractivity contribution in [3.63, 3.8) is 0 Å². The highest BCUT2D eigenvalue weighted by Crippen LogP contribution is 2.33. The first-order valence-electron chi connectivity index (χ1n) is 7.35. The fourth-order valence-corrected chi connectivity index (χ4v) is 2.95. The van der Waals surface area contributed by atoms with Crippen LogP contribution in [-0.2, 0) is 4.74 Å². The minimum atomic E-state index is 0.165. The molecule has 0 radical (unpaired) electrons. The number of hydrogen-bond donors (Lipinski definition) is 1. The van der Waals surface area contributed by atoms with Gasteiger partial charge >= 0.3 is 0 Å². The molecule has 2 N–H and O–H groups in total. The maximum absolute atomic E-state index is 5.93. The minimum absolute atomic E-state index is 0.165. The van der Waals surface area contributed by atoms with Crippen LogP contribution in [-0.4, -0.2) is 13.2 Å². The second-order valence-corrected chi connectivity index (χ2v) is 5.42. The summed E-state index contributed by atoms with van der Waals surface area (Å²) in [5, 5.41) is 0. The van der Waals surface area contributed by atoms with Gasteiger partial charge in [0.25, 0.3) is 0 Å². The van der Waals surface area contributed by atoms with Crippen LogP contribution in [0.4, 0.5) is 0 Å². The summed E-state index contributed by atoms with van der Waals surface area (Å²) in [7, 11) is 0. The van der Waals surface area contributed by atoms with E-state index in [0.717, 1.165) is 13.0 Å². The number of rotatable bonds is 3. The van der Waals surface area contributed by atoms with Crippen molar-refractivity contribution in [1.82, 2.24) is 0 Å². The van der Waals surface area contributed by atoms with Gasteiger partial charge in [-0.25, -0.2) is 0 Å². The molecule has 1 heterocycles. The normalized spacial score (nSPS) is 22.6. The lowest BCUT2D eigenvalue weighted by Gasteiger charge is -2.31. The second-order valence-electron chi connectivity index (χ2n) is 5.42. The molecule has 2 heteroatoms. The van der Waals surface area contributed by atoms with Crippen LogP contribution in [0.25, 0.3) is 11.1 Å². The van der Waals surface area contributed by atoms with Gasteiger partial charge in [-0.15, -0.1) is 0 Å². The molecule has 2 aromatic carbocycles. The van der Waals surface area contributed by atoms with Gasteiger partial charge in [0.2, 0.25) is 0 Å². The fraction of sp³-hybridized carbons (Fsp3) is 0.333. The summed E-state index contributed by atoms with van der Waals surface area (Å²) in [5.41, 5.74) is 9.62. The van der Waals surface area contributed by atoms with Gasteiger partial charge in [0.05, 0.1) is 6.10 Å². The Labute approximate surface area is 120 Å². The molecule has 1 fully saturated rings. The first-order valence-corrected chi connectivity index (χ1v) is 7.35.